The molecular formula is C9H19NO2. The van der Waals surface area contributed by atoms with Crippen LogP contribution in [0.25, 0.3) is 0 Å². The van der Waals surface area contributed by atoms with Crippen molar-refractivity contribution in [3.63, 3.8) is 0 Å². The van der Waals surface area contributed by atoms with E-state index in [1.807, 2.05) is 0 Å². The van der Waals surface area contributed by atoms with Gasteiger partial charge in [-0.3, -0.25) is 0 Å². The second kappa shape index (κ2) is 7.10. The third-order valence-corrected chi connectivity index (χ3v) is 2.07. The average Bonchev–Trinajstić information content (AvgIpc) is 2.05. The molecule has 1 N–H and O–H groups in total. The molecule has 0 rings (SSSR count). The smallest absolute Gasteiger partial charge is 0.0823 e. The highest BCUT2D eigenvalue weighted by molar-refractivity contribution is 5.64. The molecule has 0 saturated carbocycles. The largest absolute Gasteiger partial charge is 0.550 e. The molecule has 0 aromatic rings. The fourth-order valence-corrected chi connectivity index (χ4v) is 1.18. The lowest BCUT2D eigenvalue weighted by Crippen LogP contribution is -3.11. The van der Waals surface area contributed by atoms with Crippen molar-refractivity contribution in [1.29, 1.82) is 0 Å². The normalized spacial score (nSPS) is 12.8. The highest BCUT2D eigenvalue weighted by atomic mass is 16.4. The van der Waals surface area contributed by atoms with Crippen LogP contribution in [0.5, 0.6) is 0 Å². The summed E-state index contributed by atoms with van der Waals surface area (Å²) in [7, 11) is 0. The molecule has 0 aliphatic rings. The molecule has 0 bridgehead atoms. The van der Waals surface area contributed by atoms with Gasteiger partial charge in [-0.15, -0.1) is 0 Å². The van der Waals surface area contributed by atoms with Crippen molar-refractivity contribution in [2.75, 3.05) is 19.6 Å². The number of hydrogen-bond donors (Lipinski definition) is 1. The van der Waals surface area contributed by atoms with Crippen LogP contribution in [0.15, 0.2) is 0 Å². The molecule has 0 aliphatic carbocycles. The highest BCUT2D eigenvalue weighted by Crippen LogP contribution is 1.79. The maximum absolute atomic E-state index is 10.2. The predicted molar refractivity (Wildman–Crippen MR) is 45.8 cm³/mol. The van der Waals surface area contributed by atoms with Gasteiger partial charge < -0.3 is 14.8 Å². The number of aliphatic carboxylic acids is 1. The monoisotopic (exact) mass is 173 g/mol. The minimum atomic E-state index is -0.933. The number of carbonyl (C=O) groups excluding carboxylic acids is 1. The number of carboxylic acid groups (broad SMARTS) is 1. The number of carboxylic acids is 1. The molecule has 3 nitrogen and oxygen atoms in total. The summed E-state index contributed by atoms with van der Waals surface area (Å²) in [5, 5.41) is 10.2. The van der Waals surface area contributed by atoms with E-state index in [1.54, 1.807) is 0 Å². The van der Waals surface area contributed by atoms with Crippen molar-refractivity contribution in [1.82, 2.24) is 0 Å². The van der Waals surface area contributed by atoms with Gasteiger partial charge in [-0.1, -0.05) is 13.3 Å². The lowest BCUT2D eigenvalue weighted by Gasteiger charge is -2.17. The number of carbonyl (C=O) groups is 1. The molecule has 12 heavy (non-hydrogen) atoms. The zero-order valence-corrected chi connectivity index (χ0v) is 8.06. The summed E-state index contributed by atoms with van der Waals surface area (Å²) in [6.07, 6.45) is 2.54. The molecule has 0 spiro atoms. The van der Waals surface area contributed by atoms with Gasteiger partial charge in [0.25, 0.3) is 0 Å². The van der Waals surface area contributed by atoms with Crippen molar-refractivity contribution in [3.05, 3.63) is 0 Å². The Morgan fingerprint density at radius 2 is 2.00 bits per heavy atom. The minimum Gasteiger partial charge on any atom is -0.550 e. The molecule has 0 amide bonds. The molecule has 0 fully saturated rings. The number of rotatable bonds is 7. The van der Waals surface area contributed by atoms with Gasteiger partial charge in [0.15, 0.2) is 0 Å². The van der Waals surface area contributed by atoms with Crippen LogP contribution >= 0.6 is 0 Å². The van der Waals surface area contributed by atoms with E-state index >= 15 is 0 Å². The van der Waals surface area contributed by atoms with Crippen molar-refractivity contribution >= 4 is 5.97 Å². The van der Waals surface area contributed by atoms with E-state index in [1.165, 1.54) is 17.7 Å². The summed E-state index contributed by atoms with van der Waals surface area (Å²) in [5.74, 6) is -0.933. The molecule has 3 heteroatoms. The first kappa shape index (κ1) is 11.4. The van der Waals surface area contributed by atoms with Crippen molar-refractivity contribution in [2.45, 2.75) is 33.1 Å². The van der Waals surface area contributed by atoms with Crippen LogP contribution in [0.4, 0.5) is 0 Å². The first-order valence-corrected chi connectivity index (χ1v) is 4.74. The number of nitrogens with one attached hydrogen (secondary N) is 1. The van der Waals surface area contributed by atoms with Crippen LogP contribution in [0, 0.1) is 0 Å². The summed E-state index contributed by atoms with van der Waals surface area (Å²) in [6.45, 7) is 7.03. The highest BCUT2D eigenvalue weighted by Gasteiger charge is 2.03. The van der Waals surface area contributed by atoms with Crippen LogP contribution in [-0.2, 0) is 4.79 Å². The van der Waals surface area contributed by atoms with Crippen LogP contribution in [0.2, 0.25) is 0 Å². The second-order valence-electron chi connectivity index (χ2n) is 3.08. The summed E-state index contributed by atoms with van der Waals surface area (Å²) in [6, 6.07) is 0. The van der Waals surface area contributed by atoms with Gasteiger partial charge in [-0.05, 0) is 13.3 Å². The Labute approximate surface area is 74.4 Å². The van der Waals surface area contributed by atoms with E-state index in [-0.39, 0.29) is 6.42 Å². The Morgan fingerprint density at radius 3 is 2.42 bits per heavy atom. The molecular weight excluding hydrogens is 154 g/mol. The standard InChI is InChI=1S/C9H19NO2/c1-3-5-7-10(4-2)8-6-9(11)12/h3-8H2,1-2H3,(H,11,12). The molecule has 0 aliphatic heterocycles. The molecule has 0 radical (unpaired) electrons. The first-order chi connectivity index (χ1) is 5.70. The lowest BCUT2D eigenvalue weighted by molar-refractivity contribution is -0.898. The molecule has 0 heterocycles. The molecule has 1 atom stereocenters. The van der Waals surface area contributed by atoms with Crippen molar-refractivity contribution in [3.8, 4) is 0 Å². The summed E-state index contributed by atoms with van der Waals surface area (Å²) < 4.78 is 0. The minimum absolute atomic E-state index is 0.187. The van der Waals surface area contributed by atoms with Crippen LogP contribution in [0.3, 0.4) is 0 Å². The maximum Gasteiger partial charge on any atom is 0.0823 e. The van der Waals surface area contributed by atoms with E-state index in [9.17, 15) is 9.90 Å². The third-order valence-electron chi connectivity index (χ3n) is 2.07. The van der Waals surface area contributed by atoms with Gasteiger partial charge in [0, 0.05) is 12.4 Å². The van der Waals surface area contributed by atoms with Crippen LogP contribution < -0.4 is 10.0 Å². The Balaban J connectivity index is 3.45. The van der Waals surface area contributed by atoms with Gasteiger partial charge in [-0.25, -0.2) is 0 Å². The van der Waals surface area contributed by atoms with E-state index in [0.29, 0.717) is 6.54 Å². The quantitative estimate of drug-likeness (QED) is 0.527. The number of hydrogen-bond acceptors (Lipinski definition) is 2. The zero-order valence-electron chi connectivity index (χ0n) is 8.06. The van der Waals surface area contributed by atoms with Gasteiger partial charge in [0.05, 0.1) is 19.6 Å². The van der Waals surface area contributed by atoms with Crippen LogP contribution in [-0.4, -0.2) is 25.6 Å². The van der Waals surface area contributed by atoms with Crippen molar-refractivity contribution in [2.24, 2.45) is 0 Å². The molecule has 0 aromatic heterocycles. The Hall–Kier alpha value is -0.570. The van der Waals surface area contributed by atoms with Crippen molar-refractivity contribution < 1.29 is 14.8 Å². The van der Waals surface area contributed by atoms with Crippen LogP contribution in [0.1, 0.15) is 33.1 Å². The van der Waals surface area contributed by atoms with Gasteiger partial charge in [0.1, 0.15) is 0 Å². The van der Waals surface area contributed by atoms with Gasteiger partial charge in [0.2, 0.25) is 0 Å². The third kappa shape index (κ3) is 6.16. The molecule has 72 valence electrons. The zero-order chi connectivity index (χ0) is 9.40. The number of unbranched alkanes of at least 4 members (excludes halogenated alkanes) is 1. The van der Waals surface area contributed by atoms with Gasteiger partial charge >= 0.3 is 0 Å². The first-order valence-electron chi connectivity index (χ1n) is 4.74. The van der Waals surface area contributed by atoms with E-state index in [0.717, 1.165) is 13.1 Å². The lowest BCUT2D eigenvalue weighted by atomic mass is 10.3. The fourth-order valence-electron chi connectivity index (χ4n) is 1.18. The van der Waals surface area contributed by atoms with E-state index < -0.39 is 5.97 Å². The summed E-state index contributed by atoms with van der Waals surface area (Å²) >= 11 is 0. The Morgan fingerprint density at radius 1 is 1.33 bits per heavy atom. The summed E-state index contributed by atoms with van der Waals surface area (Å²) in [5.41, 5.74) is 0. The predicted octanol–water partition coefficient (Wildman–Crippen LogP) is -1.17. The Kier molecular flexibility index (Phi) is 6.76. The molecule has 0 aromatic carbocycles. The summed E-state index contributed by atoms with van der Waals surface area (Å²) in [4.78, 5) is 11.5. The van der Waals surface area contributed by atoms with E-state index in [4.69, 9.17) is 0 Å². The van der Waals surface area contributed by atoms with Gasteiger partial charge in [-0.2, -0.15) is 0 Å². The Bertz CT molecular complexity index is 126. The number of quaternary nitrogens is 1. The van der Waals surface area contributed by atoms with E-state index in [2.05, 4.69) is 13.8 Å². The molecule has 1 unspecified atom stereocenters. The maximum atomic E-state index is 10.2. The average molecular weight is 173 g/mol. The fraction of sp³-hybridized carbons (Fsp3) is 0.889. The SMILES string of the molecule is CCCC[NH+](CC)CCC(=O)[O-]. The molecule has 0 saturated heterocycles. The topological polar surface area (TPSA) is 44.6 Å². The second-order valence-corrected chi connectivity index (χ2v) is 3.08.